The van der Waals surface area contributed by atoms with Crippen LogP contribution in [-0.2, 0) is 20.9 Å². The fourth-order valence-electron chi connectivity index (χ4n) is 5.11. The van der Waals surface area contributed by atoms with Gasteiger partial charge in [0.1, 0.15) is 24.4 Å². The molecule has 0 radical (unpaired) electrons. The van der Waals surface area contributed by atoms with Crippen LogP contribution < -0.4 is 26.0 Å². The quantitative estimate of drug-likeness (QED) is 0.0973. The Hall–Kier alpha value is -6.43. The van der Waals surface area contributed by atoms with Crippen molar-refractivity contribution in [3.05, 3.63) is 121 Å². The minimum absolute atomic E-state index is 0.0982. The summed E-state index contributed by atoms with van der Waals surface area (Å²) in [6, 6.07) is 30.3. The van der Waals surface area contributed by atoms with E-state index in [0.717, 1.165) is 11.1 Å². The third kappa shape index (κ3) is 10.3. The number of anilines is 2. The van der Waals surface area contributed by atoms with E-state index in [2.05, 4.69) is 26.3 Å². The summed E-state index contributed by atoms with van der Waals surface area (Å²) >= 11 is 0. The maximum atomic E-state index is 13.1. The molecule has 12 heteroatoms. The van der Waals surface area contributed by atoms with E-state index in [0.29, 0.717) is 34.3 Å². The number of carbonyl (C=O) groups is 4. The first-order valence-corrected chi connectivity index (χ1v) is 16.8. The monoisotopic (exact) mass is 703 g/mol. The summed E-state index contributed by atoms with van der Waals surface area (Å²) in [5, 5.41) is 11.0. The van der Waals surface area contributed by atoms with Gasteiger partial charge in [-0.1, -0.05) is 76.2 Å². The van der Waals surface area contributed by atoms with Crippen LogP contribution in [0.5, 0.6) is 5.75 Å². The summed E-state index contributed by atoms with van der Waals surface area (Å²) in [6.07, 6.45) is 0.204. The van der Waals surface area contributed by atoms with Gasteiger partial charge < -0.3 is 35.2 Å². The first-order valence-electron chi connectivity index (χ1n) is 16.8. The van der Waals surface area contributed by atoms with Gasteiger partial charge in [0.05, 0.1) is 6.20 Å². The fraction of sp³-hybridized carbons (Fsp3) is 0.225. The van der Waals surface area contributed by atoms with E-state index < -0.39 is 24.3 Å². The number of nitrogens with zero attached hydrogens (tertiary/aromatic N) is 1. The van der Waals surface area contributed by atoms with E-state index in [9.17, 15) is 19.2 Å². The molecule has 0 fully saturated rings. The third-order valence-corrected chi connectivity index (χ3v) is 7.95. The summed E-state index contributed by atoms with van der Waals surface area (Å²) in [6.45, 7) is 7.43. The topological polar surface area (TPSA) is 161 Å². The highest BCUT2D eigenvalue weighted by molar-refractivity contribution is 5.97. The number of carbonyl (C=O) groups excluding carboxylic acids is 4. The zero-order valence-corrected chi connectivity index (χ0v) is 29.3. The Morgan fingerprint density at radius 1 is 0.635 bits per heavy atom. The molecule has 4 amide bonds. The number of para-hydroxylation sites is 1. The number of hydrogen-bond acceptors (Lipinski definition) is 8. The van der Waals surface area contributed by atoms with Gasteiger partial charge in [0, 0.05) is 22.5 Å². The standard InChI is InChI=1S/C40H41N5O7/c1-25(2)34(44-39(48)50-24-27-11-7-5-8-12-27)36(46)42-30-19-15-28(16-20-30)33-23-41-38(52-33)29-17-21-31(22-18-29)43-37(47)35(26(3)4)45-40(49)51-32-13-9-6-10-14-32/h5-23,25-26,34-35H,24H2,1-4H3,(H,42,46)(H,43,47)(H,44,48)(H,45,49)/t34-,35-/m0/s1. The van der Waals surface area contributed by atoms with Crippen LogP contribution in [0.2, 0.25) is 0 Å². The lowest BCUT2D eigenvalue weighted by atomic mass is 10.0. The number of nitrogens with one attached hydrogen (secondary N) is 4. The van der Waals surface area contributed by atoms with Crippen molar-refractivity contribution in [2.75, 3.05) is 10.6 Å². The number of oxazole rings is 1. The van der Waals surface area contributed by atoms with E-state index in [4.69, 9.17) is 13.9 Å². The van der Waals surface area contributed by atoms with Crippen LogP contribution in [0.3, 0.4) is 0 Å². The molecule has 0 saturated heterocycles. The first kappa shape index (κ1) is 36.8. The fourth-order valence-corrected chi connectivity index (χ4v) is 5.11. The van der Waals surface area contributed by atoms with Gasteiger partial charge >= 0.3 is 12.2 Å². The highest BCUT2D eigenvalue weighted by atomic mass is 16.6. The minimum atomic E-state index is -0.827. The molecule has 0 spiro atoms. The molecule has 5 rings (SSSR count). The molecule has 2 atom stereocenters. The summed E-state index contributed by atoms with van der Waals surface area (Å²) in [7, 11) is 0. The molecular formula is C40H41N5O7. The van der Waals surface area contributed by atoms with Crippen molar-refractivity contribution < 1.29 is 33.1 Å². The van der Waals surface area contributed by atoms with Gasteiger partial charge in [0.15, 0.2) is 5.76 Å². The van der Waals surface area contributed by atoms with Crippen molar-refractivity contribution in [3.8, 4) is 28.5 Å². The number of ether oxygens (including phenoxy) is 2. The van der Waals surface area contributed by atoms with Crippen LogP contribution in [0.4, 0.5) is 21.0 Å². The Bertz CT molecular complexity index is 1940. The van der Waals surface area contributed by atoms with Crippen molar-refractivity contribution in [1.82, 2.24) is 15.6 Å². The SMILES string of the molecule is CC(C)[C@H](NC(=O)OCc1ccccc1)C(=O)Nc1ccc(-c2cnc(-c3ccc(NC(=O)[C@@H](NC(=O)Oc4ccccc4)C(C)C)cc3)o2)cc1. The Morgan fingerprint density at radius 2 is 1.13 bits per heavy atom. The molecule has 4 aromatic carbocycles. The van der Waals surface area contributed by atoms with E-state index in [1.165, 1.54) is 0 Å². The molecule has 0 aliphatic rings. The molecule has 52 heavy (non-hydrogen) atoms. The predicted octanol–water partition coefficient (Wildman–Crippen LogP) is 7.65. The van der Waals surface area contributed by atoms with E-state index in [-0.39, 0.29) is 30.3 Å². The second-order valence-corrected chi connectivity index (χ2v) is 12.7. The van der Waals surface area contributed by atoms with Crippen molar-refractivity contribution in [1.29, 1.82) is 0 Å². The molecule has 268 valence electrons. The molecule has 4 N–H and O–H groups in total. The number of aromatic nitrogens is 1. The second-order valence-electron chi connectivity index (χ2n) is 12.7. The van der Waals surface area contributed by atoms with Crippen LogP contribution in [-0.4, -0.2) is 41.1 Å². The largest absolute Gasteiger partial charge is 0.445 e. The van der Waals surface area contributed by atoms with E-state index in [1.807, 2.05) is 64.1 Å². The summed E-state index contributed by atoms with van der Waals surface area (Å²) in [5.74, 6) is 0.117. The van der Waals surface area contributed by atoms with E-state index in [1.54, 1.807) is 79.0 Å². The van der Waals surface area contributed by atoms with Gasteiger partial charge in [0.2, 0.25) is 17.7 Å². The molecular weight excluding hydrogens is 662 g/mol. The molecule has 0 unspecified atom stereocenters. The molecule has 0 aliphatic heterocycles. The normalized spacial score (nSPS) is 12.0. The second kappa shape index (κ2) is 17.5. The Kier molecular flexibility index (Phi) is 12.4. The molecule has 1 aromatic heterocycles. The van der Waals surface area contributed by atoms with Crippen LogP contribution >= 0.6 is 0 Å². The number of rotatable bonds is 13. The zero-order chi connectivity index (χ0) is 37.0. The molecule has 0 saturated carbocycles. The Balaban J connectivity index is 1.14. The van der Waals surface area contributed by atoms with Crippen molar-refractivity contribution in [2.24, 2.45) is 11.8 Å². The smallest absolute Gasteiger partial charge is 0.413 e. The van der Waals surface area contributed by atoms with Crippen LogP contribution in [0, 0.1) is 11.8 Å². The summed E-state index contributed by atoms with van der Waals surface area (Å²) in [4.78, 5) is 55.4. The van der Waals surface area contributed by atoms with Crippen molar-refractivity contribution in [3.63, 3.8) is 0 Å². The molecule has 12 nitrogen and oxygen atoms in total. The van der Waals surface area contributed by atoms with Crippen molar-refractivity contribution >= 4 is 35.4 Å². The van der Waals surface area contributed by atoms with Gasteiger partial charge in [-0.05, 0) is 78.1 Å². The van der Waals surface area contributed by atoms with Gasteiger partial charge in [-0.15, -0.1) is 0 Å². The average molecular weight is 704 g/mol. The summed E-state index contributed by atoms with van der Waals surface area (Å²) in [5.41, 5.74) is 3.34. The number of alkyl carbamates (subject to hydrolysis) is 1. The molecule has 1 heterocycles. The Morgan fingerprint density at radius 3 is 1.67 bits per heavy atom. The van der Waals surface area contributed by atoms with Gasteiger partial charge in [-0.2, -0.15) is 0 Å². The average Bonchev–Trinajstić information content (AvgIpc) is 3.63. The zero-order valence-electron chi connectivity index (χ0n) is 29.3. The number of benzene rings is 4. The lowest BCUT2D eigenvalue weighted by molar-refractivity contribution is -0.119. The lowest BCUT2D eigenvalue weighted by Crippen LogP contribution is -2.48. The molecule has 5 aromatic rings. The third-order valence-electron chi connectivity index (χ3n) is 7.95. The molecule has 0 aliphatic carbocycles. The highest BCUT2D eigenvalue weighted by Gasteiger charge is 2.26. The highest BCUT2D eigenvalue weighted by Crippen LogP contribution is 2.28. The van der Waals surface area contributed by atoms with Crippen LogP contribution in [0.1, 0.15) is 33.3 Å². The maximum absolute atomic E-state index is 13.1. The first-order chi connectivity index (χ1) is 25.0. The maximum Gasteiger partial charge on any atom is 0.413 e. The van der Waals surface area contributed by atoms with Crippen LogP contribution in [0.25, 0.3) is 22.8 Å². The predicted molar refractivity (Wildman–Crippen MR) is 197 cm³/mol. The van der Waals surface area contributed by atoms with Crippen molar-refractivity contribution in [2.45, 2.75) is 46.4 Å². The van der Waals surface area contributed by atoms with Gasteiger partial charge in [-0.3, -0.25) is 9.59 Å². The van der Waals surface area contributed by atoms with Crippen LogP contribution in [0.15, 0.2) is 120 Å². The molecule has 0 bridgehead atoms. The van der Waals surface area contributed by atoms with Gasteiger partial charge in [0.25, 0.3) is 0 Å². The Labute approximate surface area is 301 Å². The summed E-state index contributed by atoms with van der Waals surface area (Å²) < 4.78 is 16.6. The lowest BCUT2D eigenvalue weighted by Gasteiger charge is -2.21. The minimum Gasteiger partial charge on any atom is -0.445 e. The number of hydrogen-bond donors (Lipinski definition) is 4. The van der Waals surface area contributed by atoms with E-state index >= 15 is 0 Å². The number of amides is 4. The van der Waals surface area contributed by atoms with Gasteiger partial charge in [-0.25, -0.2) is 14.6 Å².